The number of rotatable bonds is 5. The second-order valence-electron chi connectivity index (χ2n) is 5.48. The van der Waals surface area contributed by atoms with Gasteiger partial charge in [-0.2, -0.15) is 0 Å². The van der Waals surface area contributed by atoms with Crippen LogP contribution in [0.2, 0.25) is 0 Å². The summed E-state index contributed by atoms with van der Waals surface area (Å²) in [6.45, 7) is 2.02. The molecule has 0 bridgehead atoms. The van der Waals surface area contributed by atoms with Crippen molar-refractivity contribution in [1.29, 1.82) is 0 Å². The van der Waals surface area contributed by atoms with Crippen molar-refractivity contribution >= 4 is 5.97 Å². The Balaban J connectivity index is 2.02. The molecule has 2 aliphatic carbocycles. The summed E-state index contributed by atoms with van der Waals surface area (Å²) in [5.74, 6) is 0.949. The number of esters is 1. The van der Waals surface area contributed by atoms with Crippen molar-refractivity contribution in [3.05, 3.63) is 10.1 Å². The van der Waals surface area contributed by atoms with Crippen LogP contribution in [0.15, 0.2) is 0 Å². The Hall–Kier alpha value is -1.13. The molecule has 0 amide bonds. The minimum atomic E-state index is -0.429. The van der Waals surface area contributed by atoms with Crippen LogP contribution < -0.4 is 0 Å². The van der Waals surface area contributed by atoms with Gasteiger partial charge in [-0.1, -0.05) is 0 Å². The number of nitrogens with zero attached hydrogens (tertiary/aromatic N) is 1. The van der Waals surface area contributed by atoms with Gasteiger partial charge in [-0.3, -0.25) is 14.9 Å². The summed E-state index contributed by atoms with van der Waals surface area (Å²) >= 11 is 0. The summed E-state index contributed by atoms with van der Waals surface area (Å²) in [4.78, 5) is 22.1. The highest BCUT2D eigenvalue weighted by molar-refractivity contribution is 5.70. The predicted molar refractivity (Wildman–Crippen MR) is 61.0 cm³/mol. The van der Waals surface area contributed by atoms with E-state index in [0.29, 0.717) is 18.4 Å². The molecule has 2 aliphatic rings. The van der Waals surface area contributed by atoms with Crippen molar-refractivity contribution < 1.29 is 14.5 Å². The zero-order chi connectivity index (χ0) is 12.5. The van der Waals surface area contributed by atoms with Crippen molar-refractivity contribution in [3.8, 4) is 0 Å². The average molecular weight is 241 g/mol. The second kappa shape index (κ2) is 4.63. The normalized spacial score (nSPS) is 34.9. The maximum absolute atomic E-state index is 11.6. The van der Waals surface area contributed by atoms with E-state index in [1.807, 2.05) is 0 Å². The molecule has 0 aromatic carbocycles. The third-order valence-corrected chi connectivity index (χ3v) is 4.25. The lowest BCUT2D eigenvalue weighted by Gasteiger charge is -2.29. The Labute approximate surface area is 101 Å². The quantitative estimate of drug-likeness (QED) is 0.419. The van der Waals surface area contributed by atoms with E-state index < -0.39 is 5.41 Å². The summed E-state index contributed by atoms with van der Waals surface area (Å²) in [5.41, 5.74) is -0.429. The first kappa shape index (κ1) is 12.3. The van der Waals surface area contributed by atoms with Crippen LogP contribution in [-0.2, 0) is 9.53 Å². The van der Waals surface area contributed by atoms with E-state index in [9.17, 15) is 14.9 Å². The molecule has 5 heteroatoms. The van der Waals surface area contributed by atoms with E-state index in [1.165, 1.54) is 12.8 Å². The van der Waals surface area contributed by atoms with Gasteiger partial charge in [-0.25, -0.2) is 0 Å². The molecule has 2 saturated carbocycles. The number of nitro groups is 1. The van der Waals surface area contributed by atoms with E-state index >= 15 is 0 Å². The molecule has 0 heterocycles. The minimum Gasteiger partial charge on any atom is -0.466 e. The summed E-state index contributed by atoms with van der Waals surface area (Å²) in [6.07, 6.45) is 4.23. The molecule has 0 aromatic rings. The van der Waals surface area contributed by atoms with Gasteiger partial charge in [0.15, 0.2) is 0 Å². The van der Waals surface area contributed by atoms with Crippen molar-refractivity contribution in [2.45, 2.75) is 39.0 Å². The fourth-order valence-corrected chi connectivity index (χ4v) is 3.49. The molecule has 2 rings (SSSR count). The van der Waals surface area contributed by atoms with Gasteiger partial charge < -0.3 is 4.74 Å². The molecule has 0 spiro atoms. The van der Waals surface area contributed by atoms with Crippen LogP contribution in [-0.4, -0.2) is 24.0 Å². The summed E-state index contributed by atoms with van der Waals surface area (Å²) in [7, 11) is 0. The van der Waals surface area contributed by atoms with E-state index in [1.54, 1.807) is 6.92 Å². The molecule has 2 unspecified atom stereocenters. The van der Waals surface area contributed by atoms with Crippen molar-refractivity contribution in [2.75, 3.05) is 13.2 Å². The smallest absolute Gasteiger partial charge is 0.306 e. The first-order chi connectivity index (χ1) is 8.04. The molecule has 96 valence electrons. The zero-order valence-corrected chi connectivity index (χ0v) is 10.2. The topological polar surface area (TPSA) is 69.4 Å². The Morgan fingerprint density at radius 3 is 2.41 bits per heavy atom. The predicted octanol–water partition coefficient (Wildman–Crippen LogP) is 2.02. The third kappa shape index (κ3) is 2.58. The van der Waals surface area contributed by atoms with Gasteiger partial charge >= 0.3 is 5.97 Å². The average Bonchev–Trinajstić information content (AvgIpc) is 2.41. The van der Waals surface area contributed by atoms with Crippen molar-refractivity contribution in [1.82, 2.24) is 0 Å². The zero-order valence-electron chi connectivity index (χ0n) is 10.2. The fourth-order valence-electron chi connectivity index (χ4n) is 3.49. The van der Waals surface area contributed by atoms with E-state index in [-0.39, 0.29) is 23.9 Å². The van der Waals surface area contributed by atoms with Crippen LogP contribution >= 0.6 is 0 Å². The first-order valence-corrected chi connectivity index (χ1v) is 6.32. The molecular weight excluding hydrogens is 222 g/mol. The largest absolute Gasteiger partial charge is 0.466 e. The summed E-state index contributed by atoms with van der Waals surface area (Å²) < 4.78 is 4.94. The van der Waals surface area contributed by atoms with Crippen molar-refractivity contribution in [3.63, 3.8) is 0 Å². The molecule has 0 saturated heterocycles. The lowest BCUT2D eigenvalue weighted by molar-refractivity contribution is -0.497. The molecule has 0 N–H and O–H groups in total. The van der Waals surface area contributed by atoms with Gasteiger partial charge in [-0.05, 0) is 44.4 Å². The maximum atomic E-state index is 11.6. The van der Waals surface area contributed by atoms with Gasteiger partial charge in [0.1, 0.15) is 0 Å². The number of fused-ring (bicyclic) bond motifs is 1. The SMILES string of the molecule is CCOC(=O)CC1(C[N+](=O)[O-])CC2CC[C@H]2C1. The number of hydrogen-bond acceptors (Lipinski definition) is 4. The van der Waals surface area contributed by atoms with Gasteiger partial charge in [0, 0.05) is 10.3 Å². The lowest BCUT2D eigenvalue weighted by Crippen LogP contribution is -2.31. The number of ether oxygens (including phenoxy) is 1. The number of carbonyl (C=O) groups is 1. The molecule has 0 aromatic heterocycles. The van der Waals surface area contributed by atoms with Crippen molar-refractivity contribution in [2.24, 2.45) is 17.3 Å². The fraction of sp³-hybridized carbons (Fsp3) is 0.917. The van der Waals surface area contributed by atoms with Gasteiger partial charge in [0.2, 0.25) is 6.54 Å². The third-order valence-electron chi connectivity index (χ3n) is 4.25. The second-order valence-corrected chi connectivity index (χ2v) is 5.48. The Bertz CT molecular complexity index is 316. The molecule has 17 heavy (non-hydrogen) atoms. The maximum Gasteiger partial charge on any atom is 0.306 e. The lowest BCUT2D eigenvalue weighted by atomic mass is 9.77. The Kier molecular flexibility index (Phi) is 3.35. The Morgan fingerprint density at radius 2 is 2.00 bits per heavy atom. The van der Waals surface area contributed by atoms with Gasteiger partial charge in [-0.15, -0.1) is 0 Å². The first-order valence-electron chi connectivity index (χ1n) is 6.32. The molecular formula is C12H19NO4. The summed E-state index contributed by atoms with van der Waals surface area (Å²) in [5, 5.41) is 10.8. The van der Waals surface area contributed by atoms with E-state index in [2.05, 4.69) is 0 Å². The van der Waals surface area contributed by atoms with Crippen LogP contribution in [0, 0.1) is 27.4 Å². The van der Waals surface area contributed by atoms with Crippen LogP contribution in [0.25, 0.3) is 0 Å². The number of hydrogen-bond donors (Lipinski definition) is 0. The standard InChI is InChI=1S/C12H19NO4/c1-2-17-11(14)7-12(8-13(15)16)5-9-3-4-10(9)6-12/h9-10H,2-8H2,1H3/t9-,10?,12?/m0/s1. The van der Waals surface area contributed by atoms with Gasteiger partial charge in [0.05, 0.1) is 13.0 Å². The van der Waals surface area contributed by atoms with Crippen LogP contribution in [0.5, 0.6) is 0 Å². The minimum absolute atomic E-state index is 0.0845. The molecule has 0 aliphatic heterocycles. The number of carbonyl (C=O) groups excluding carboxylic acids is 1. The molecule has 0 radical (unpaired) electrons. The Morgan fingerprint density at radius 1 is 1.41 bits per heavy atom. The highest BCUT2D eigenvalue weighted by Crippen LogP contribution is 2.56. The van der Waals surface area contributed by atoms with E-state index in [0.717, 1.165) is 12.8 Å². The van der Waals surface area contributed by atoms with Crippen LogP contribution in [0.1, 0.15) is 39.0 Å². The molecule has 3 atom stereocenters. The highest BCUT2D eigenvalue weighted by Gasteiger charge is 2.52. The molecule has 2 fully saturated rings. The van der Waals surface area contributed by atoms with E-state index in [4.69, 9.17) is 4.74 Å². The van der Waals surface area contributed by atoms with Crippen LogP contribution in [0.4, 0.5) is 0 Å². The van der Waals surface area contributed by atoms with Crippen LogP contribution in [0.3, 0.4) is 0 Å². The summed E-state index contributed by atoms with van der Waals surface area (Å²) in [6, 6.07) is 0. The highest BCUT2D eigenvalue weighted by atomic mass is 16.6. The molecule has 5 nitrogen and oxygen atoms in total. The van der Waals surface area contributed by atoms with Gasteiger partial charge in [0.25, 0.3) is 0 Å². The monoisotopic (exact) mass is 241 g/mol.